The van der Waals surface area contributed by atoms with Crippen LogP contribution in [0.2, 0.25) is 0 Å². The molecule has 0 aliphatic rings. The summed E-state index contributed by atoms with van der Waals surface area (Å²) >= 11 is 0. The maximum Gasteiger partial charge on any atom is 0.187 e. The van der Waals surface area contributed by atoms with Gasteiger partial charge in [-0.3, -0.25) is 0 Å². The molecule has 0 spiro atoms. The van der Waals surface area contributed by atoms with Crippen molar-refractivity contribution in [2.75, 3.05) is 25.1 Å². The second-order valence-corrected chi connectivity index (χ2v) is 5.35. The lowest BCUT2D eigenvalue weighted by Gasteiger charge is -2.22. The van der Waals surface area contributed by atoms with Gasteiger partial charge in [-0.25, -0.2) is 14.4 Å². The Kier molecular flexibility index (Phi) is 6.43. The first-order chi connectivity index (χ1) is 11.1. The fourth-order valence-electron chi connectivity index (χ4n) is 2.25. The Morgan fingerprint density at radius 2 is 2.00 bits per heavy atom. The molecule has 0 amide bonds. The number of aromatic nitrogens is 2. The lowest BCUT2D eigenvalue weighted by molar-refractivity contribution is 0.0323. The van der Waals surface area contributed by atoms with Gasteiger partial charge in [0.25, 0.3) is 0 Å². The van der Waals surface area contributed by atoms with E-state index >= 15 is 0 Å². The van der Waals surface area contributed by atoms with Gasteiger partial charge in [0, 0.05) is 13.6 Å². The van der Waals surface area contributed by atoms with Crippen molar-refractivity contribution in [3.05, 3.63) is 53.7 Å². The predicted molar refractivity (Wildman–Crippen MR) is 86.7 cm³/mol. The Morgan fingerprint density at radius 3 is 2.70 bits per heavy atom. The zero-order valence-corrected chi connectivity index (χ0v) is 13.4. The Labute approximate surface area is 135 Å². The third kappa shape index (κ3) is 4.97. The van der Waals surface area contributed by atoms with E-state index in [9.17, 15) is 9.50 Å². The number of aliphatic hydroxyl groups is 1. The maximum atomic E-state index is 14.2. The molecular weight excluding hydrogens is 297 g/mol. The number of halogens is 1. The fraction of sp³-hybridized carbons (Fsp3) is 0.412. The van der Waals surface area contributed by atoms with Gasteiger partial charge >= 0.3 is 0 Å². The molecule has 1 aromatic carbocycles. The van der Waals surface area contributed by atoms with E-state index in [1.54, 1.807) is 11.9 Å². The molecule has 23 heavy (non-hydrogen) atoms. The molecule has 0 aliphatic carbocycles. The summed E-state index contributed by atoms with van der Waals surface area (Å²) in [5.41, 5.74) is 1.42. The third-order valence-electron chi connectivity index (χ3n) is 3.45. The molecule has 6 heteroatoms. The molecule has 0 aliphatic heterocycles. The van der Waals surface area contributed by atoms with Crippen LogP contribution in [0.3, 0.4) is 0 Å². The van der Waals surface area contributed by atoms with Crippen molar-refractivity contribution in [3.63, 3.8) is 0 Å². The molecule has 2 aromatic rings. The summed E-state index contributed by atoms with van der Waals surface area (Å²) in [5.74, 6) is -0.242. The van der Waals surface area contributed by atoms with Crippen molar-refractivity contribution in [2.45, 2.75) is 26.1 Å². The van der Waals surface area contributed by atoms with Crippen LogP contribution in [0, 0.1) is 5.82 Å². The SMILES string of the molecule is CCc1ncnc(N(C)CC(O)COCc2ccccc2)c1F. The molecule has 1 aromatic heterocycles. The van der Waals surface area contributed by atoms with Gasteiger partial charge in [-0.05, 0) is 12.0 Å². The standard InChI is InChI=1S/C17H22FN3O2/c1-3-15-16(18)17(20-12-19-15)21(2)9-14(22)11-23-10-13-7-5-4-6-8-13/h4-8,12,14,22H,3,9-11H2,1-2H3. The van der Waals surface area contributed by atoms with Gasteiger partial charge in [0.1, 0.15) is 6.33 Å². The van der Waals surface area contributed by atoms with E-state index in [0.29, 0.717) is 18.7 Å². The van der Waals surface area contributed by atoms with Crippen molar-refractivity contribution < 1.29 is 14.2 Å². The summed E-state index contributed by atoms with van der Waals surface area (Å²) in [7, 11) is 1.69. The molecule has 0 saturated carbocycles. The highest BCUT2D eigenvalue weighted by atomic mass is 19.1. The number of aryl methyl sites for hydroxylation is 1. The van der Waals surface area contributed by atoms with Crippen molar-refractivity contribution in [1.82, 2.24) is 9.97 Å². The monoisotopic (exact) mass is 319 g/mol. The van der Waals surface area contributed by atoms with Gasteiger partial charge in [-0.1, -0.05) is 37.3 Å². The van der Waals surface area contributed by atoms with Crippen LogP contribution < -0.4 is 4.90 Å². The van der Waals surface area contributed by atoms with Gasteiger partial charge in [0.2, 0.25) is 0 Å². The summed E-state index contributed by atoms with van der Waals surface area (Å²) < 4.78 is 19.7. The van der Waals surface area contributed by atoms with Crippen LogP contribution >= 0.6 is 0 Å². The zero-order valence-electron chi connectivity index (χ0n) is 13.4. The van der Waals surface area contributed by atoms with E-state index in [2.05, 4.69) is 9.97 Å². The quantitative estimate of drug-likeness (QED) is 0.808. The molecule has 1 N–H and O–H groups in total. The number of likely N-dealkylation sites (N-methyl/N-ethyl adjacent to an activating group) is 1. The number of anilines is 1. The molecule has 124 valence electrons. The molecule has 1 heterocycles. The highest BCUT2D eigenvalue weighted by Gasteiger charge is 2.16. The largest absolute Gasteiger partial charge is 0.389 e. The number of nitrogens with zero attached hydrogens (tertiary/aromatic N) is 3. The second-order valence-electron chi connectivity index (χ2n) is 5.35. The first-order valence-corrected chi connectivity index (χ1v) is 7.62. The smallest absolute Gasteiger partial charge is 0.187 e. The molecular formula is C17H22FN3O2. The topological polar surface area (TPSA) is 58.5 Å². The average molecular weight is 319 g/mol. The van der Waals surface area contributed by atoms with Crippen LogP contribution in [0.4, 0.5) is 10.2 Å². The minimum Gasteiger partial charge on any atom is -0.389 e. The minimum atomic E-state index is -0.733. The highest BCUT2D eigenvalue weighted by Crippen LogP contribution is 2.17. The maximum absolute atomic E-state index is 14.2. The van der Waals surface area contributed by atoms with E-state index in [1.807, 2.05) is 37.3 Å². The molecule has 0 radical (unpaired) electrons. The van der Waals surface area contributed by atoms with Gasteiger partial charge in [-0.2, -0.15) is 0 Å². The van der Waals surface area contributed by atoms with E-state index in [1.165, 1.54) is 6.33 Å². The van der Waals surface area contributed by atoms with Crippen LogP contribution in [0.25, 0.3) is 0 Å². The van der Waals surface area contributed by atoms with Crippen molar-refractivity contribution in [3.8, 4) is 0 Å². The van der Waals surface area contributed by atoms with Crippen molar-refractivity contribution in [1.29, 1.82) is 0 Å². The predicted octanol–water partition coefficient (Wildman–Crippen LogP) is 2.19. The van der Waals surface area contributed by atoms with Crippen molar-refractivity contribution in [2.24, 2.45) is 0 Å². The molecule has 1 unspecified atom stereocenters. The lowest BCUT2D eigenvalue weighted by Crippen LogP contribution is -2.33. The van der Waals surface area contributed by atoms with E-state index in [0.717, 1.165) is 5.56 Å². The Bertz CT molecular complexity index is 610. The zero-order chi connectivity index (χ0) is 16.7. The van der Waals surface area contributed by atoms with Crippen LogP contribution in [-0.2, 0) is 17.8 Å². The van der Waals surface area contributed by atoms with Gasteiger partial charge < -0.3 is 14.7 Å². The normalized spacial score (nSPS) is 12.2. The van der Waals surface area contributed by atoms with Gasteiger partial charge in [-0.15, -0.1) is 0 Å². The summed E-state index contributed by atoms with van der Waals surface area (Å²) in [6.45, 7) is 2.67. The highest BCUT2D eigenvalue weighted by molar-refractivity contribution is 5.40. The Morgan fingerprint density at radius 1 is 1.26 bits per heavy atom. The summed E-state index contributed by atoms with van der Waals surface area (Å²) in [6.07, 6.45) is 1.10. The van der Waals surface area contributed by atoms with E-state index in [4.69, 9.17) is 4.74 Å². The first kappa shape index (κ1) is 17.3. The molecule has 1 atom stereocenters. The van der Waals surface area contributed by atoms with E-state index < -0.39 is 11.9 Å². The first-order valence-electron chi connectivity index (χ1n) is 7.62. The third-order valence-corrected chi connectivity index (χ3v) is 3.45. The molecule has 5 nitrogen and oxygen atoms in total. The minimum absolute atomic E-state index is 0.173. The average Bonchev–Trinajstić information content (AvgIpc) is 2.56. The molecule has 0 fully saturated rings. The number of benzene rings is 1. The van der Waals surface area contributed by atoms with Crippen LogP contribution in [0.1, 0.15) is 18.2 Å². The summed E-state index contributed by atoms with van der Waals surface area (Å²) in [5, 5.41) is 10.0. The number of hydrogen-bond donors (Lipinski definition) is 1. The Balaban J connectivity index is 1.84. The number of aliphatic hydroxyl groups excluding tert-OH is 1. The number of hydrogen-bond acceptors (Lipinski definition) is 5. The lowest BCUT2D eigenvalue weighted by atomic mass is 10.2. The fourth-order valence-corrected chi connectivity index (χ4v) is 2.25. The Hall–Kier alpha value is -2.05. The molecule has 2 rings (SSSR count). The molecule has 0 saturated heterocycles. The molecule has 0 bridgehead atoms. The van der Waals surface area contributed by atoms with Crippen LogP contribution in [0.5, 0.6) is 0 Å². The number of ether oxygens (including phenoxy) is 1. The number of rotatable bonds is 8. The van der Waals surface area contributed by atoms with Crippen molar-refractivity contribution >= 4 is 5.82 Å². The van der Waals surface area contributed by atoms with Crippen LogP contribution in [0.15, 0.2) is 36.7 Å². The summed E-state index contributed by atoms with van der Waals surface area (Å²) in [4.78, 5) is 9.43. The van der Waals surface area contributed by atoms with Gasteiger partial charge in [0.15, 0.2) is 11.6 Å². The second kappa shape index (κ2) is 8.55. The van der Waals surface area contributed by atoms with Crippen LogP contribution in [-0.4, -0.2) is 41.4 Å². The summed E-state index contributed by atoms with van der Waals surface area (Å²) in [6, 6.07) is 9.73. The van der Waals surface area contributed by atoms with E-state index in [-0.39, 0.29) is 19.0 Å². The van der Waals surface area contributed by atoms with Gasteiger partial charge in [0.05, 0.1) is 25.0 Å².